The van der Waals surface area contributed by atoms with Crippen LogP contribution in [0.5, 0.6) is 11.5 Å². The third kappa shape index (κ3) is 4.80. The Labute approximate surface area is 131 Å². The van der Waals surface area contributed by atoms with Crippen molar-refractivity contribution >= 4 is 11.8 Å². The highest BCUT2D eigenvalue weighted by Crippen LogP contribution is 2.32. The van der Waals surface area contributed by atoms with E-state index in [1.807, 2.05) is 25.3 Å². The first-order valence-electron chi connectivity index (χ1n) is 7.36. The van der Waals surface area contributed by atoms with Crippen molar-refractivity contribution in [2.45, 2.75) is 31.9 Å². The summed E-state index contributed by atoms with van der Waals surface area (Å²) < 4.78 is 11.4. The van der Waals surface area contributed by atoms with E-state index in [4.69, 9.17) is 9.47 Å². The second kappa shape index (κ2) is 7.38. The molecule has 118 valence electrons. The minimum absolute atomic E-state index is 0.149. The van der Waals surface area contributed by atoms with Crippen LogP contribution in [0.15, 0.2) is 18.2 Å². The quantitative estimate of drug-likeness (QED) is 0.846. The molecule has 21 heavy (non-hydrogen) atoms. The van der Waals surface area contributed by atoms with Crippen molar-refractivity contribution in [3.05, 3.63) is 23.8 Å². The largest absolute Gasteiger partial charge is 0.490 e. The summed E-state index contributed by atoms with van der Waals surface area (Å²) in [6, 6.07) is 6.19. The van der Waals surface area contributed by atoms with Gasteiger partial charge in [0, 0.05) is 24.8 Å². The minimum Gasteiger partial charge on any atom is -0.490 e. The number of aliphatic hydroxyl groups is 1. The van der Waals surface area contributed by atoms with Gasteiger partial charge in [0.2, 0.25) is 0 Å². The molecule has 0 saturated carbocycles. The Morgan fingerprint density at radius 3 is 2.76 bits per heavy atom. The molecule has 0 saturated heterocycles. The number of thioether (sulfide) groups is 1. The zero-order valence-electron chi connectivity index (χ0n) is 13.0. The molecule has 0 bridgehead atoms. The average molecular weight is 311 g/mol. The molecule has 0 fully saturated rings. The molecule has 2 N–H and O–H groups in total. The van der Waals surface area contributed by atoms with E-state index in [1.165, 1.54) is 0 Å². The number of hydrogen-bond acceptors (Lipinski definition) is 5. The predicted octanol–water partition coefficient (Wildman–Crippen LogP) is 2.61. The molecule has 0 spiro atoms. The van der Waals surface area contributed by atoms with Gasteiger partial charge in [-0.15, -0.1) is 0 Å². The highest BCUT2D eigenvalue weighted by molar-refractivity contribution is 7.98. The Morgan fingerprint density at radius 2 is 2.05 bits per heavy atom. The van der Waals surface area contributed by atoms with Crippen LogP contribution in [-0.2, 0) is 0 Å². The molecule has 1 aliphatic rings. The minimum atomic E-state index is -0.695. The van der Waals surface area contributed by atoms with E-state index in [9.17, 15) is 5.11 Å². The maximum atomic E-state index is 10.2. The molecule has 1 aliphatic heterocycles. The molecule has 1 aromatic rings. The van der Waals surface area contributed by atoms with Gasteiger partial charge < -0.3 is 19.9 Å². The van der Waals surface area contributed by atoms with E-state index >= 15 is 0 Å². The number of ether oxygens (including phenoxy) is 2. The van der Waals surface area contributed by atoms with Gasteiger partial charge in [-0.3, -0.25) is 0 Å². The second-order valence-electron chi connectivity index (χ2n) is 5.79. The van der Waals surface area contributed by atoms with Crippen LogP contribution < -0.4 is 14.8 Å². The number of rotatable bonds is 6. The molecule has 4 nitrogen and oxygen atoms in total. The third-order valence-electron chi connectivity index (χ3n) is 3.52. The van der Waals surface area contributed by atoms with Gasteiger partial charge in [-0.2, -0.15) is 11.8 Å². The van der Waals surface area contributed by atoms with Crippen LogP contribution in [0.1, 0.15) is 31.9 Å². The van der Waals surface area contributed by atoms with Crippen molar-refractivity contribution in [2.24, 2.45) is 0 Å². The average Bonchev–Trinajstić information content (AvgIpc) is 2.69. The number of fused-ring (bicyclic) bond motifs is 1. The standard InChI is InChI=1S/C16H25NO3S/c1-12(17-10-16(2,18)11-21-3)13-5-6-14-15(9-13)20-8-4-7-19-14/h5-6,9,12,17-18H,4,7-8,10-11H2,1-3H3. The first kappa shape index (κ1) is 16.5. The Kier molecular flexibility index (Phi) is 5.79. The lowest BCUT2D eigenvalue weighted by Crippen LogP contribution is -2.40. The SMILES string of the molecule is CSCC(C)(O)CNC(C)c1ccc2c(c1)OCCCO2. The van der Waals surface area contributed by atoms with Gasteiger partial charge >= 0.3 is 0 Å². The highest BCUT2D eigenvalue weighted by Gasteiger charge is 2.21. The molecule has 0 radical (unpaired) electrons. The summed E-state index contributed by atoms with van der Waals surface area (Å²) in [6.45, 7) is 5.91. The molecular weight excluding hydrogens is 286 g/mol. The third-order valence-corrected chi connectivity index (χ3v) is 4.43. The number of nitrogens with one attached hydrogen (secondary N) is 1. The molecule has 2 rings (SSSR count). The van der Waals surface area contributed by atoms with Gasteiger partial charge in [0.15, 0.2) is 11.5 Å². The fourth-order valence-corrected chi connectivity index (χ4v) is 3.03. The molecule has 5 heteroatoms. The molecule has 2 unspecified atom stereocenters. The topological polar surface area (TPSA) is 50.7 Å². The normalized spacial score (nSPS) is 18.7. The maximum Gasteiger partial charge on any atom is 0.161 e. The van der Waals surface area contributed by atoms with Crippen molar-refractivity contribution in [1.82, 2.24) is 5.32 Å². The van der Waals surface area contributed by atoms with Gasteiger partial charge in [0.1, 0.15) is 0 Å². The Bertz CT molecular complexity index is 465. The van der Waals surface area contributed by atoms with E-state index in [1.54, 1.807) is 11.8 Å². The number of benzene rings is 1. The fourth-order valence-electron chi connectivity index (χ4n) is 2.30. The molecule has 0 amide bonds. The molecule has 2 atom stereocenters. The van der Waals surface area contributed by atoms with Gasteiger partial charge in [0.05, 0.1) is 18.8 Å². The molecule has 0 aliphatic carbocycles. The summed E-state index contributed by atoms with van der Waals surface area (Å²) in [7, 11) is 0. The van der Waals surface area contributed by atoms with Crippen LogP contribution in [0.2, 0.25) is 0 Å². The van der Waals surface area contributed by atoms with Gasteiger partial charge in [-0.25, -0.2) is 0 Å². The van der Waals surface area contributed by atoms with E-state index in [0.29, 0.717) is 25.5 Å². The van der Waals surface area contributed by atoms with Crippen LogP contribution in [0, 0.1) is 0 Å². The monoisotopic (exact) mass is 311 g/mol. The second-order valence-corrected chi connectivity index (χ2v) is 6.66. The van der Waals surface area contributed by atoms with Gasteiger partial charge in [0.25, 0.3) is 0 Å². The van der Waals surface area contributed by atoms with Crippen molar-refractivity contribution in [3.63, 3.8) is 0 Å². The van der Waals surface area contributed by atoms with Crippen LogP contribution in [-0.4, -0.2) is 42.5 Å². The Hall–Kier alpha value is -0.910. The summed E-state index contributed by atoms with van der Waals surface area (Å²) in [5, 5.41) is 13.6. The van der Waals surface area contributed by atoms with Crippen molar-refractivity contribution < 1.29 is 14.6 Å². The van der Waals surface area contributed by atoms with E-state index in [0.717, 1.165) is 23.5 Å². The molecule has 0 aromatic heterocycles. The molecule has 1 heterocycles. The number of hydrogen-bond donors (Lipinski definition) is 2. The van der Waals surface area contributed by atoms with Crippen LogP contribution in [0.3, 0.4) is 0 Å². The van der Waals surface area contributed by atoms with Gasteiger partial charge in [-0.05, 0) is 37.8 Å². The zero-order chi connectivity index (χ0) is 15.3. The zero-order valence-corrected chi connectivity index (χ0v) is 13.8. The van der Waals surface area contributed by atoms with E-state index < -0.39 is 5.60 Å². The lowest BCUT2D eigenvalue weighted by molar-refractivity contribution is 0.0820. The first-order valence-corrected chi connectivity index (χ1v) is 8.75. The fraction of sp³-hybridized carbons (Fsp3) is 0.625. The lowest BCUT2D eigenvalue weighted by atomic mass is 10.1. The lowest BCUT2D eigenvalue weighted by Gasteiger charge is -2.25. The molecular formula is C16H25NO3S. The molecule has 1 aromatic carbocycles. The summed E-state index contributed by atoms with van der Waals surface area (Å²) in [5.74, 6) is 2.35. The van der Waals surface area contributed by atoms with Crippen molar-refractivity contribution in [2.75, 3.05) is 31.8 Å². The van der Waals surface area contributed by atoms with Crippen molar-refractivity contribution in [3.8, 4) is 11.5 Å². The van der Waals surface area contributed by atoms with E-state index in [-0.39, 0.29) is 6.04 Å². The Morgan fingerprint density at radius 1 is 1.33 bits per heavy atom. The van der Waals surface area contributed by atoms with Crippen molar-refractivity contribution in [1.29, 1.82) is 0 Å². The van der Waals surface area contributed by atoms with E-state index in [2.05, 4.69) is 18.3 Å². The summed E-state index contributed by atoms with van der Waals surface area (Å²) >= 11 is 1.65. The Balaban J connectivity index is 1.99. The van der Waals surface area contributed by atoms with Crippen LogP contribution in [0.4, 0.5) is 0 Å². The first-order chi connectivity index (χ1) is 10.0. The predicted molar refractivity (Wildman–Crippen MR) is 87.5 cm³/mol. The summed E-state index contributed by atoms with van der Waals surface area (Å²) in [5.41, 5.74) is 0.443. The summed E-state index contributed by atoms with van der Waals surface area (Å²) in [6.07, 6.45) is 2.91. The van der Waals surface area contributed by atoms with Crippen LogP contribution in [0.25, 0.3) is 0 Å². The van der Waals surface area contributed by atoms with Gasteiger partial charge in [-0.1, -0.05) is 6.07 Å². The maximum absolute atomic E-state index is 10.2. The van der Waals surface area contributed by atoms with Crippen LogP contribution >= 0.6 is 11.8 Å². The highest BCUT2D eigenvalue weighted by atomic mass is 32.2. The smallest absolute Gasteiger partial charge is 0.161 e. The summed E-state index contributed by atoms with van der Waals surface area (Å²) in [4.78, 5) is 0.